The normalized spacial score (nSPS) is 14.3. The average molecular weight is 904 g/mol. The molecule has 3 aliphatic carbocycles. The molecule has 10 aromatic carbocycles. The fraction of sp³-hybridized carbons (Fsp3) is 0.104. The summed E-state index contributed by atoms with van der Waals surface area (Å²) in [6.07, 6.45) is 7.07. The van der Waals surface area contributed by atoms with Crippen molar-refractivity contribution in [3.8, 4) is 66.8 Å². The van der Waals surface area contributed by atoms with Gasteiger partial charge in [-0.2, -0.15) is 0 Å². The van der Waals surface area contributed by atoms with Gasteiger partial charge in [0.15, 0.2) is 0 Å². The van der Waals surface area contributed by atoms with E-state index in [2.05, 4.69) is 268 Å². The standard InChI is InChI=1S/C67H53NS/c1-66(2)60-20-12-9-17-54(60)57-38-34-51(42-64(57)66)68(50-32-27-46(28-33-50)47-29-36-53(37-30-47)69(3,4)5)52-35-39-58-59-41-49(48-25-23-45(24-26-48)44-15-7-6-8-16-44)31-40-63(59)67(65(58)43-52)61-21-13-10-18-55(61)56-19-11-14-22-62(56)67/h6-43H,1-5H3. The van der Waals surface area contributed by atoms with Gasteiger partial charge in [0.25, 0.3) is 0 Å². The lowest BCUT2D eigenvalue weighted by Gasteiger charge is -2.32. The van der Waals surface area contributed by atoms with Crippen LogP contribution < -0.4 is 4.90 Å². The van der Waals surface area contributed by atoms with Gasteiger partial charge in [-0.05, 0) is 178 Å². The molecule has 13 rings (SSSR count). The summed E-state index contributed by atoms with van der Waals surface area (Å²) in [6, 6.07) is 87.1. The molecule has 69 heavy (non-hydrogen) atoms. The lowest BCUT2D eigenvalue weighted by Crippen LogP contribution is -2.26. The maximum Gasteiger partial charge on any atom is 0.0726 e. The van der Waals surface area contributed by atoms with Crippen LogP contribution in [-0.2, 0) is 10.8 Å². The maximum absolute atomic E-state index is 2.52. The quantitative estimate of drug-likeness (QED) is 0.154. The molecule has 10 aromatic rings. The molecule has 2 heteroatoms. The molecule has 0 aromatic heterocycles. The van der Waals surface area contributed by atoms with E-state index < -0.39 is 15.4 Å². The van der Waals surface area contributed by atoms with Gasteiger partial charge < -0.3 is 4.90 Å². The SMILES string of the molecule is CC1(C)c2ccccc2-c2ccc(N(c3ccc(-c4ccc(S(C)(C)C)cc4)cc3)c3ccc4c(c3)C3(c5ccccc5-c5ccccc53)c3ccc(-c5ccc(-c6ccccc6)cc5)cc3-4)cc21. The number of benzene rings is 10. The minimum atomic E-state index is -0.807. The van der Waals surface area contributed by atoms with Crippen molar-refractivity contribution in [3.63, 3.8) is 0 Å². The third-order valence-corrected chi connectivity index (χ3v) is 17.2. The van der Waals surface area contributed by atoms with Crippen LogP contribution in [0.15, 0.2) is 235 Å². The van der Waals surface area contributed by atoms with Crippen LogP contribution in [0.1, 0.15) is 47.2 Å². The Kier molecular flexibility index (Phi) is 9.29. The second kappa shape index (κ2) is 15.4. The predicted molar refractivity (Wildman–Crippen MR) is 295 cm³/mol. The largest absolute Gasteiger partial charge is 0.310 e. The van der Waals surface area contributed by atoms with Crippen LogP contribution in [0.3, 0.4) is 0 Å². The summed E-state index contributed by atoms with van der Waals surface area (Å²) >= 11 is 0. The Morgan fingerprint density at radius 3 is 1.26 bits per heavy atom. The van der Waals surface area contributed by atoms with Gasteiger partial charge >= 0.3 is 0 Å². The lowest BCUT2D eigenvalue weighted by atomic mass is 9.70. The first-order valence-corrected chi connectivity index (χ1v) is 27.0. The van der Waals surface area contributed by atoms with Crippen LogP contribution in [0.2, 0.25) is 0 Å². The zero-order valence-corrected chi connectivity index (χ0v) is 40.6. The van der Waals surface area contributed by atoms with E-state index in [1.165, 1.54) is 105 Å². The molecule has 0 bridgehead atoms. The first-order valence-electron chi connectivity index (χ1n) is 24.2. The summed E-state index contributed by atoms with van der Waals surface area (Å²) in [7, 11) is -0.807. The van der Waals surface area contributed by atoms with Gasteiger partial charge in [0, 0.05) is 22.5 Å². The third kappa shape index (κ3) is 6.32. The van der Waals surface area contributed by atoms with E-state index in [-0.39, 0.29) is 5.41 Å². The zero-order valence-electron chi connectivity index (χ0n) is 39.8. The Bertz CT molecular complexity index is 3600. The monoisotopic (exact) mass is 903 g/mol. The Morgan fingerprint density at radius 2 is 0.681 bits per heavy atom. The predicted octanol–water partition coefficient (Wildman–Crippen LogP) is 17.9. The number of hydrogen-bond acceptors (Lipinski definition) is 1. The summed E-state index contributed by atoms with van der Waals surface area (Å²) in [5, 5.41) is 0. The second-order valence-corrected chi connectivity index (χ2v) is 24.6. The van der Waals surface area contributed by atoms with Crippen LogP contribution in [0.25, 0.3) is 66.8 Å². The van der Waals surface area contributed by atoms with Crippen molar-refractivity contribution in [3.05, 3.63) is 264 Å². The molecule has 0 saturated heterocycles. The van der Waals surface area contributed by atoms with E-state index in [9.17, 15) is 0 Å². The highest BCUT2D eigenvalue weighted by Crippen LogP contribution is 2.64. The molecule has 3 aliphatic rings. The first kappa shape index (κ1) is 41.5. The molecule has 0 fully saturated rings. The Labute approximate surface area is 408 Å². The molecule has 1 spiro atoms. The third-order valence-electron chi connectivity index (χ3n) is 15.5. The van der Waals surface area contributed by atoms with Gasteiger partial charge in [-0.15, -0.1) is 0 Å². The van der Waals surface area contributed by atoms with Crippen molar-refractivity contribution in [2.45, 2.75) is 29.6 Å². The Morgan fingerprint density at radius 1 is 0.290 bits per heavy atom. The van der Waals surface area contributed by atoms with Crippen molar-refractivity contribution in [2.24, 2.45) is 0 Å². The minimum Gasteiger partial charge on any atom is -0.310 e. The summed E-state index contributed by atoms with van der Waals surface area (Å²) < 4.78 is 0. The number of nitrogens with zero attached hydrogens (tertiary/aromatic N) is 1. The van der Waals surface area contributed by atoms with Gasteiger partial charge in [0.05, 0.1) is 5.41 Å². The average Bonchev–Trinajstić information content (AvgIpc) is 3.94. The topological polar surface area (TPSA) is 3.24 Å². The van der Waals surface area contributed by atoms with E-state index in [1.54, 1.807) is 0 Å². The molecular weight excluding hydrogens is 851 g/mol. The van der Waals surface area contributed by atoms with Crippen LogP contribution in [0.4, 0.5) is 17.1 Å². The summed E-state index contributed by atoms with van der Waals surface area (Å²) in [6.45, 7) is 4.76. The molecule has 0 aliphatic heterocycles. The summed E-state index contributed by atoms with van der Waals surface area (Å²) in [4.78, 5) is 3.92. The molecule has 0 N–H and O–H groups in total. The van der Waals surface area contributed by atoms with Gasteiger partial charge in [-0.3, -0.25) is 0 Å². The van der Waals surface area contributed by atoms with Gasteiger partial charge in [-0.1, -0.05) is 190 Å². The fourth-order valence-corrected chi connectivity index (χ4v) is 13.0. The van der Waals surface area contributed by atoms with Crippen LogP contribution in [0, 0.1) is 0 Å². The Balaban J connectivity index is 1.00. The minimum absolute atomic E-state index is 0.140. The summed E-state index contributed by atoms with van der Waals surface area (Å²) in [5.74, 6) is 0. The smallest absolute Gasteiger partial charge is 0.0726 e. The van der Waals surface area contributed by atoms with Gasteiger partial charge in [0.1, 0.15) is 0 Å². The van der Waals surface area contributed by atoms with E-state index in [0.29, 0.717) is 0 Å². The second-order valence-electron chi connectivity index (χ2n) is 20.4. The molecule has 332 valence electrons. The molecule has 0 atom stereocenters. The lowest BCUT2D eigenvalue weighted by molar-refractivity contribution is 0.660. The van der Waals surface area contributed by atoms with Crippen molar-refractivity contribution in [2.75, 3.05) is 23.7 Å². The maximum atomic E-state index is 2.52. The summed E-state index contributed by atoms with van der Waals surface area (Å²) in [5.41, 5.74) is 26.0. The highest BCUT2D eigenvalue weighted by atomic mass is 32.3. The number of fused-ring (bicyclic) bond motifs is 13. The molecule has 0 heterocycles. The van der Waals surface area contributed by atoms with Crippen molar-refractivity contribution < 1.29 is 0 Å². The van der Waals surface area contributed by atoms with Gasteiger partial charge in [-0.25, -0.2) is 10.0 Å². The van der Waals surface area contributed by atoms with E-state index in [1.807, 2.05) is 0 Å². The molecule has 0 amide bonds. The highest BCUT2D eigenvalue weighted by Gasteiger charge is 2.52. The van der Waals surface area contributed by atoms with E-state index >= 15 is 0 Å². The van der Waals surface area contributed by atoms with Crippen LogP contribution in [0.5, 0.6) is 0 Å². The Hall–Kier alpha value is -7.65. The number of anilines is 3. The van der Waals surface area contributed by atoms with Crippen molar-refractivity contribution in [1.29, 1.82) is 0 Å². The van der Waals surface area contributed by atoms with Crippen molar-refractivity contribution in [1.82, 2.24) is 0 Å². The van der Waals surface area contributed by atoms with E-state index in [0.717, 1.165) is 17.1 Å². The molecule has 1 nitrogen and oxygen atoms in total. The van der Waals surface area contributed by atoms with Gasteiger partial charge in [0.2, 0.25) is 0 Å². The highest BCUT2D eigenvalue weighted by molar-refractivity contribution is 8.32. The van der Waals surface area contributed by atoms with E-state index in [4.69, 9.17) is 0 Å². The molecule has 0 radical (unpaired) electrons. The van der Waals surface area contributed by atoms with Crippen LogP contribution >= 0.6 is 10.0 Å². The number of rotatable bonds is 7. The zero-order chi connectivity index (χ0) is 46.6. The molecular formula is C67H53NS. The number of hydrogen-bond donors (Lipinski definition) is 0. The first-order chi connectivity index (χ1) is 33.6. The fourth-order valence-electron chi connectivity index (χ4n) is 12.1. The molecule has 0 saturated carbocycles. The van der Waals surface area contributed by atoms with Crippen LogP contribution in [-0.4, -0.2) is 18.8 Å². The van der Waals surface area contributed by atoms with Crippen molar-refractivity contribution >= 4 is 27.1 Å². The molecule has 0 unspecified atom stereocenters.